The van der Waals surface area contributed by atoms with E-state index in [-0.39, 0.29) is 13.2 Å². The lowest BCUT2D eigenvalue weighted by atomic mass is 10.1. The Kier molecular flexibility index (Phi) is 6.77. The molecule has 4 N–H and O–H groups in total. The third-order valence-electron chi connectivity index (χ3n) is 3.71. The monoisotopic (exact) mass is 332 g/mol. The van der Waals surface area contributed by atoms with Crippen molar-refractivity contribution in [3.8, 4) is 0 Å². The number of hydrogen-bond acceptors (Lipinski definition) is 5. The second kappa shape index (κ2) is 8.82. The van der Waals surface area contributed by atoms with Gasteiger partial charge in [-0.15, -0.1) is 0 Å². The molecule has 0 saturated heterocycles. The van der Waals surface area contributed by atoms with Gasteiger partial charge in [-0.25, -0.2) is 0 Å². The van der Waals surface area contributed by atoms with Crippen LogP contribution in [0.1, 0.15) is 11.1 Å². The summed E-state index contributed by atoms with van der Waals surface area (Å²) in [6.45, 7) is 0.271. The zero-order valence-corrected chi connectivity index (χ0v) is 14.4. The molecule has 2 aromatic carbocycles. The van der Waals surface area contributed by atoms with E-state index in [1.165, 1.54) is 0 Å². The lowest BCUT2D eigenvalue weighted by Gasteiger charge is -2.17. The van der Waals surface area contributed by atoms with Crippen molar-refractivity contribution in [2.24, 2.45) is 0 Å². The smallest absolute Gasteiger partial charge is 0.0512 e. The molecule has 4 nitrogen and oxygen atoms in total. The molecule has 0 aliphatic rings. The second-order valence-corrected chi connectivity index (χ2v) is 6.21. The van der Waals surface area contributed by atoms with Crippen molar-refractivity contribution in [1.29, 1.82) is 0 Å². The largest absolute Gasteiger partial charge is 0.396 e. The highest BCUT2D eigenvalue weighted by Gasteiger charge is 2.12. The van der Waals surface area contributed by atoms with Crippen molar-refractivity contribution >= 4 is 23.1 Å². The van der Waals surface area contributed by atoms with Crippen LogP contribution in [-0.2, 0) is 12.8 Å². The third kappa shape index (κ3) is 4.19. The van der Waals surface area contributed by atoms with Crippen LogP contribution in [0.15, 0.2) is 46.2 Å². The number of hydrogen-bond donors (Lipinski definition) is 4. The van der Waals surface area contributed by atoms with E-state index in [0.29, 0.717) is 12.8 Å². The lowest BCUT2D eigenvalue weighted by Crippen LogP contribution is -2.02. The predicted molar refractivity (Wildman–Crippen MR) is 97.7 cm³/mol. The van der Waals surface area contributed by atoms with Gasteiger partial charge in [0, 0.05) is 37.1 Å². The van der Waals surface area contributed by atoms with Crippen molar-refractivity contribution in [3.05, 3.63) is 47.5 Å². The molecule has 2 rings (SSSR count). The zero-order chi connectivity index (χ0) is 16.7. The van der Waals surface area contributed by atoms with Crippen LogP contribution >= 0.6 is 11.8 Å². The fraction of sp³-hybridized carbons (Fsp3) is 0.333. The van der Waals surface area contributed by atoms with Gasteiger partial charge >= 0.3 is 0 Å². The highest BCUT2D eigenvalue weighted by Crippen LogP contribution is 2.40. The van der Waals surface area contributed by atoms with E-state index in [0.717, 1.165) is 32.3 Å². The zero-order valence-electron chi connectivity index (χ0n) is 13.6. The molecule has 0 fully saturated rings. The number of para-hydroxylation sites is 2. The maximum absolute atomic E-state index is 9.23. The van der Waals surface area contributed by atoms with Crippen molar-refractivity contribution in [2.75, 3.05) is 37.9 Å². The van der Waals surface area contributed by atoms with Crippen molar-refractivity contribution in [3.63, 3.8) is 0 Å². The summed E-state index contributed by atoms with van der Waals surface area (Å²) in [5.74, 6) is 0. The van der Waals surface area contributed by atoms with Crippen LogP contribution in [0.3, 0.4) is 0 Å². The maximum Gasteiger partial charge on any atom is 0.0512 e. The molecule has 0 radical (unpaired) electrons. The Hall–Kier alpha value is -1.69. The third-order valence-corrected chi connectivity index (χ3v) is 4.83. The fourth-order valence-corrected chi connectivity index (χ4v) is 3.87. The van der Waals surface area contributed by atoms with Crippen LogP contribution in [0.2, 0.25) is 0 Å². The predicted octanol–water partition coefficient (Wildman–Crippen LogP) is 2.99. The summed E-state index contributed by atoms with van der Waals surface area (Å²) < 4.78 is 0. The van der Waals surface area contributed by atoms with Gasteiger partial charge in [0.05, 0.1) is 11.4 Å². The minimum Gasteiger partial charge on any atom is -0.396 e. The number of nitrogens with one attached hydrogen (secondary N) is 2. The van der Waals surface area contributed by atoms with E-state index in [1.807, 2.05) is 38.4 Å². The Labute approximate surface area is 141 Å². The Morgan fingerprint density at radius 2 is 1.22 bits per heavy atom. The summed E-state index contributed by atoms with van der Waals surface area (Å²) in [5.41, 5.74) is 4.33. The first-order valence-electron chi connectivity index (χ1n) is 7.74. The van der Waals surface area contributed by atoms with E-state index in [4.69, 9.17) is 0 Å². The quantitative estimate of drug-likeness (QED) is 0.598. The fourth-order valence-electron chi connectivity index (χ4n) is 2.67. The number of anilines is 2. The topological polar surface area (TPSA) is 64.5 Å². The molecule has 0 unspecified atom stereocenters. The van der Waals surface area contributed by atoms with Crippen LogP contribution in [0.25, 0.3) is 0 Å². The van der Waals surface area contributed by atoms with Crippen LogP contribution in [0, 0.1) is 0 Å². The van der Waals surface area contributed by atoms with E-state index in [9.17, 15) is 10.2 Å². The van der Waals surface area contributed by atoms with Gasteiger partial charge in [-0.05, 0) is 36.1 Å². The highest BCUT2D eigenvalue weighted by molar-refractivity contribution is 7.99. The minimum absolute atomic E-state index is 0.135. The van der Waals surface area contributed by atoms with E-state index in [2.05, 4.69) is 22.8 Å². The number of rotatable bonds is 8. The van der Waals surface area contributed by atoms with E-state index in [1.54, 1.807) is 11.8 Å². The van der Waals surface area contributed by atoms with Gasteiger partial charge in [0.15, 0.2) is 0 Å². The number of benzene rings is 2. The second-order valence-electron chi connectivity index (χ2n) is 5.13. The minimum atomic E-state index is 0.135. The Bertz CT molecular complexity index is 591. The molecule has 2 aromatic rings. The van der Waals surface area contributed by atoms with Crippen LogP contribution in [0.5, 0.6) is 0 Å². The molecular formula is C18H24N2O2S. The van der Waals surface area contributed by atoms with Gasteiger partial charge in [0.2, 0.25) is 0 Å². The van der Waals surface area contributed by atoms with Crippen molar-refractivity contribution < 1.29 is 10.2 Å². The SMILES string of the molecule is CNc1c(CCO)cccc1Sc1cccc(CCO)c1NC. The summed E-state index contributed by atoms with van der Waals surface area (Å²) in [6, 6.07) is 12.3. The van der Waals surface area contributed by atoms with Gasteiger partial charge in [-0.3, -0.25) is 0 Å². The molecule has 0 aliphatic carbocycles. The molecule has 0 amide bonds. The Morgan fingerprint density at radius 1 is 0.783 bits per heavy atom. The molecule has 124 valence electrons. The first kappa shape index (κ1) is 17.7. The Balaban J connectivity index is 2.39. The summed E-state index contributed by atoms with van der Waals surface area (Å²) in [6.07, 6.45) is 1.27. The molecule has 0 spiro atoms. The van der Waals surface area contributed by atoms with Gasteiger partial charge in [0.25, 0.3) is 0 Å². The first-order valence-corrected chi connectivity index (χ1v) is 8.55. The maximum atomic E-state index is 9.23. The average Bonchev–Trinajstić information content (AvgIpc) is 2.56. The van der Waals surface area contributed by atoms with Gasteiger partial charge in [-0.2, -0.15) is 0 Å². The van der Waals surface area contributed by atoms with Crippen LogP contribution < -0.4 is 10.6 Å². The summed E-state index contributed by atoms with van der Waals surface area (Å²) in [7, 11) is 3.81. The first-order chi connectivity index (χ1) is 11.2. The molecule has 0 heterocycles. The Morgan fingerprint density at radius 3 is 1.57 bits per heavy atom. The molecule has 0 atom stereocenters. The van der Waals surface area contributed by atoms with Gasteiger partial charge in [0.1, 0.15) is 0 Å². The summed E-state index contributed by atoms with van der Waals surface area (Å²) in [5, 5.41) is 25.0. The normalized spacial score (nSPS) is 10.6. The lowest BCUT2D eigenvalue weighted by molar-refractivity contribution is 0.299. The molecule has 23 heavy (non-hydrogen) atoms. The van der Waals surface area contributed by atoms with Crippen LogP contribution in [0.4, 0.5) is 11.4 Å². The average molecular weight is 332 g/mol. The summed E-state index contributed by atoms with van der Waals surface area (Å²) >= 11 is 1.68. The molecule has 5 heteroatoms. The van der Waals surface area contributed by atoms with E-state index < -0.39 is 0 Å². The van der Waals surface area contributed by atoms with Crippen LogP contribution in [-0.4, -0.2) is 37.5 Å². The van der Waals surface area contributed by atoms with Crippen molar-refractivity contribution in [2.45, 2.75) is 22.6 Å². The molecule has 0 aromatic heterocycles. The van der Waals surface area contributed by atoms with Gasteiger partial charge in [-0.1, -0.05) is 36.0 Å². The van der Waals surface area contributed by atoms with Crippen molar-refractivity contribution in [1.82, 2.24) is 0 Å². The molecular weight excluding hydrogens is 308 g/mol. The highest BCUT2D eigenvalue weighted by atomic mass is 32.2. The number of aliphatic hydroxyl groups excluding tert-OH is 2. The molecule has 0 aliphatic heterocycles. The molecule has 0 bridgehead atoms. The standard InChI is InChI=1S/C18H24N2O2S/c1-19-17-13(9-11-21)5-3-7-15(17)23-16-8-4-6-14(10-12-22)18(16)20-2/h3-8,19-22H,9-12H2,1-2H3. The number of aliphatic hydroxyl groups is 2. The van der Waals surface area contributed by atoms with Gasteiger partial charge < -0.3 is 20.8 Å². The summed E-state index contributed by atoms with van der Waals surface area (Å²) in [4.78, 5) is 2.24. The molecule has 0 saturated carbocycles. The van der Waals surface area contributed by atoms with E-state index >= 15 is 0 Å².